The highest BCUT2D eigenvalue weighted by Crippen LogP contribution is 2.42. The Morgan fingerprint density at radius 2 is 0.907 bits per heavy atom. The maximum Gasteiger partial charge on any atom is 0.313 e. The number of hydrogen-bond donors (Lipinski definition) is 2. The molecular formula is C37H55O6. The normalized spacial score (nSPS) is 15.0. The summed E-state index contributed by atoms with van der Waals surface area (Å²) in [4.78, 5) is 26.3. The van der Waals surface area contributed by atoms with Crippen LogP contribution in [0.2, 0.25) is 0 Å². The van der Waals surface area contributed by atoms with E-state index in [4.69, 9.17) is 9.47 Å². The fourth-order valence-electron chi connectivity index (χ4n) is 4.97. The summed E-state index contributed by atoms with van der Waals surface area (Å²) in [7, 11) is 0. The number of aromatic hydroxyl groups is 2. The molecule has 6 heteroatoms. The summed E-state index contributed by atoms with van der Waals surface area (Å²) >= 11 is 0. The lowest BCUT2D eigenvalue weighted by Crippen LogP contribution is -2.27. The van der Waals surface area contributed by atoms with Gasteiger partial charge in [0.1, 0.15) is 24.2 Å². The molecule has 239 valence electrons. The van der Waals surface area contributed by atoms with Crippen molar-refractivity contribution in [1.82, 2.24) is 0 Å². The highest BCUT2D eigenvalue weighted by atomic mass is 16.6. The number of carbonyl (C=O) groups excluding carboxylic acids is 2. The predicted octanol–water partition coefficient (Wildman–Crippen LogP) is 8.48. The van der Waals surface area contributed by atoms with Crippen LogP contribution in [0.1, 0.15) is 142 Å². The molecule has 0 saturated carbocycles. The van der Waals surface area contributed by atoms with Crippen LogP contribution in [0, 0.1) is 6.92 Å². The topological polar surface area (TPSA) is 93.1 Å². The number of benzene rings is 2. The van der Waals surface area contributed by atoms with Gasteiger partial charge in [-0.1, -0.05) is 107 Å². The maximum atomic E-state index is 13.2. The van der Waals surface area contributed by atoms with E-state index in [1.54, 1.807) is 13.8 Å². The van der Waals surface area contributed by atoms with Crippen LogP contribution >= 0.6 is 0 Å². The van der Waals surface area contributed by atoms with Gasteiger partial charge in [-0.25, -0.2) is 0 Å². The van der Waals surface area contributed by atoms with Gasteiger partial charge in [0.15, 0.2) is 0 Å². The van der Waals surface area contributed by atoms with Crippen molar-refractivity contribution >= 4 is 11.9 Å². The summed E-state index contributed by atoms with van der Waals surface area (Å²) in [5.74, 6) is -1.68. The fourth-order valence-corrected chi connectivity index (χ4v) is 4.97. The average molecular weight is 596 g/mol. The molecule has 2 rings (SSSR count). The zero-order chi connectivity index (χ0) is 33.5. The molecular weight excluding hydrogens is 540 g/mol. The van der Waals surface area contributed by atoms with Gasteiger partial charge in [0.25, 0.3) is 0 Å². The molecule has 0 aliphatic rings. The quantitative estimate of drug-likeness (QED) is 0.312. The Labute approximate surface area is 260 Å². The van der Waals surface area contributed by atoms with Crippen molar-refractivity contribution < 1.29 is 29.3 Å². The first kappa shape index (κ1) is 36.2. The van der Waals surface area contributed by atoms with Gasteiger partial charge >= 0.3 is 11.9 Å². The molecule has 0 spiro atoms. The van der Waals surface area contributed by atoms with E-state index in [1.165, 1.54) is 0 Å². The first-order chi connectivity index (χ1) is 19.3. The Balaban J connectivity index is 2.21. The Bertz CT molecular complexity index is 1250. The van der Waals surface area contributed by atoms with Crippen molar-refractivity contribution in [3.63, 3.8) is 0 Å². The second-order valence-electron chi connectivity index (χ2n) is 16.1. The van der Waals surface area contributed by atoms with Crippen LogP contribution in [0.5, 0.6) is 11.5 Å². The maximum absolute atomic E-state index is 13.2. The van der Waals surface area contributed by atoms with Gasteiger partial charge in [-0.2, -0.15) is 0 Å². The highest BCUT2D eigenvalue weighted by molar-refractivity contribution is 5.79. The number of rotatable bonds is 7. The molecule has 2 aromatic rings. The molecule has 3 atom stereocenters. The standard InChI is InChI=1S/C37H55O6/c1-21(43-33(41)23(3)25-18-28(36(10,11)12)31(39)29(19-25)37(13,14)15)20-42-32(40)22(2)24-16-26(34(4,5)6)30(38)27(17-24)35(7,8)9/h16-19,21-23,38-39H,1,20H2,2-15H3. The highest BCUT2D eigenvalue weighted by Gasteiger charge is 2.31. The lowest BCUT2D eigenvalue weighted by atomic mass is 9.77. The second-order valence-corrected chi connectivity index (χ2v) is 16.1. The van der Waals surface area contributed by atoms with Crippen LogP contribution in [0.25, 0.3) is 0 Å². The molecule has 3 unspecified atom stereocenters. The van der Waals surface area contributed by atoms with Crippen molar-refractivity contribution in [2.45, 2.75) is 137 Å². The number of esters is 2. The van der Waals surface area contributed by atoms with E-state index in [2.05, 4.69) is 6.92 Å². The third kappa shape index (κ3) is 8.77. The van der Waals surface area contributed by atoms with Gasteiger partial charge in [-0.3, -0.25) is 9.59 Å². The Morgan fingerprint density at radius 3 is 1.19 bits per heavy atom. The Morgan fingerprint density at radius 1 is 0.628 bits per heavy atom. The molecule has 2 aromatic carbocycles. The zero-order valence-corrected chi connectivity index (χ0v) is 29.0. The number of phenolic OH excluding ortho intramolecular Hbond substituents is 2. The molecule has 0 aliphatic carbocycles. The summed E-state index contributed by atoms with van der Waals surface area (Å²) < 4.78 is 11.2. The molecule has 2 N–H and O–H groups in total. The second kappa shape index (κ2) is 12.5. The van der Waals surface area contributed by atoms with E-state index in [1.807, 2.05) is 107 Å². The third-order valence-electron chi connectivity index (χ3n) is 7.90. The number of phenols is 2. The van der Waals surface area contributed by atoms with Gasteiger partial charge in [0.2, 0.25) is 0 Å². The minimum absolute atomic E-state index is 0.186. The zero-order valence-electron chi connectivity index (χ0n) is 29.0. The summed E-state index contributed by atoms with van der Waals surface area (Å²) in [6, 6.07) is 7.47. The first-order valence-corrected chi connectivity index (χ1v) is 15.2. The van der Waals surface area contributed by atoms with E-state index in [0.29, 0.717) is 0 Å². The van der Waals surface area contributed by atoms with Crippen LogP contribution in [0.3, 0.4) is 0 Å². The number of carbonyl (C=O) groups is 2. The van der Waals surface area contributed by atoms with Crippen LogP contribution < -0.4 is 0 Å². The van der Waals surface area contributed by atoms with Crippen LogP contribution in [-0.2, 0) is 40.7 Å². The van der Waals surface area contributed by atoms with Gasteiger partial charge in [0.05, 0.1) is 11.8 Å². The van der Waals surface area contributed by atoms with Gasteiger partial charge < -0.3 is 19.7 Å². The summed E-state index contributed by atoms with van der Waals surface area (Å²) in [6.07, 6.45) is -0.900. The molecule has 0 saturated heterocycles. The monoisotopic (exact) mass is 595 g/mol. The molecule has 0 bridgehead atoms. The van der Waals surface area contributed by atoms with Crippen LogP contribution in [0.4, 0.5) is 0 Å². The predicted molar refractivity (Wildman–Crippen MR) is 174 cm³/mol. The smallest absolute Gasteiger partial charge is 0.313 e. The van der Waals surface area contributed by atoms with E-state index >= 15 is 0 Å². The van der Waals surface area contributed by atoms with Crippen LogP contribution in [0.15, 0.2) is 24.3 Å². The Kier molecular flexibility index (Phi) is 10.5. The number of ether oxygens (including phenoxy) is 2. The lowest BCUT2D eigenvalue weighted by molar-refractivity contribution is -0.158. The summed E-state index contributed by atoms with van der Waals surface area (Å²) in [5.41, 5.74) is 3.25. The molecule has 0 heterocycles. The van der Waals surface area contributed by atoms with Gasteiger partial charge in [-0.05, 0) is 75.8 Å². The molecule has 0 aromatic heterocycles. The van der Waals surface area contributed by atoms with E-state index < -0.39 is 29.9 Å². The lowest BCUT2D eigenvalue weighted by Gasteiger charge is -2.29. The third-order valence-corrected chi connectivity index (χ3v) is 7.90. The Hall–Kier alpha value is -3.02. The van der Waals surface area contributed by atoms with Crippen molar-refractivity contribution in [3.8, 4) is 11.5 Å². The molecule has 6 nitrogen and oxygen atoms in total. The first-order valence-electron chi connectivity index (χ1n) is 15.2. The molecule has 0 aliphatic heterocycles. The molecule has 0 fully saturated rings. The fraction of sp³-hybridized carbons (Fsp3) is 0.595. The number of hydrogen-bond acceptors (Lipinski definition) is 6. The van der Waals surface area contributed by atoms with Crippen molar-refractivity contribution in [1.29, 1.82) is 0 Å². The van der Waals surface area contributed by atoms with Crippen LogP contribution in [-0.4, -0.2) is 34.9 Å². The van der Waals surface area contributed by atoms with E-state index in [-0.39, 0.29) is 39.8 Å². The van der Waals surface area contributed by atoms with Crippen molar-refractivity contribution in [3.05, 3.63) is 64.6 Å². The minimum Gasteiger partial charge on any atom is -0.507 e. The van der Waals surface area contributed by atoms with E-state index in [0.717, 1.165) is 33.4 Å². The minimum atomic E-state index is -0.900. The molecule has 1 radical (unpaired) electrons. The van der Waals surface area contributed by atoms with E-state index in [9.17, 15) is 19.8 Å². The molecule has 43 heavy (non-hydrogen) atoms. The largest absolute Gasteiger partial charge is 0.507 e. The van der Waals surface area contributed by atoms with Gasteiger partial charge in [0, 0.05) is 0 Å². The van der Waals surface area contributed by atoms with Crippen molar-refractivity contribution in [2.24, 2.45) is 0 Å². The van der Waals surface area contributed by atoms with Crippen molar-refractivity contribution in [2.75, 3.05) is 6.61 Å². The summed E-state index contributed by atoms with van der Waals surface area (Å²) in [5, 5.41) is 22.1. The summed E-state index contributed by atoms with van der Waals surface area (Å²) in [6.45, 7) is 31.5. The SMILES string of the molecule is [CH2]C(COC(=O)C(C)c1cc(C(C)(C)C)c(O)c(C(C)(C)C)c1)OC(=O)C(C)c1cc(C(C)(C)C)c(O)c(C(C)(C)C)c1. The molecule has 0 amide bonds. The average Bonchev–Trinajstić information content (AvgIpc) is 2.83. The van der Waals surface area contributed by atoms with Gasteiger partial charge in [-0.15, -0.1) is 0 Å².